The predicted molar refractivity (Wildman–Crippen MR) is 68.5 cm³/mol. The highest BCUT2D eigenvalue weighted by molar-refractivity contribution is 5.36. The van der Waals surface area contributed by atoms with Gasteiger partial charge in [0.05, 0.1) is 13.7 Å². The van der Waals surface area contributed by atoms with Crippen molar-refractivity contribution in [1.29, 1.82) is 0 Å². The highest BCUT2D eigenvalue weighted by atomic mass is 16.5. The molecule has 0 aromatic heterocycles. The molecule has 1 aromatic carbocycles. The monoisotopic (exact) mass is 235 g/mol. The van der Waals surface area contributed by atoms with Crippen LogP contribution < -0.4 is 4.74 Å². The summed E-state index contributed by atoms with van der Waals surface area (Å²) in [5, 5.41) is 8.92. The molecule has 94 valence electrons. The second kappa shape index (κ2) is 6.03. The third-order valence-electron chi connectivity index (χ3n) is 3.58. The number of hydrogen-bond donors (Lipinski definition) is 1. The van der Waals surface area contributed by atoms with Gasteiger partial charge in [0.1, 0.15) is 5.75 Å². The first kappa shape index (κ1) is 12.4. The molecule has 1 N–H and O–H groups in total. The van der Waals surface area contributed by atoms with Crippen LogP contribution in [0.25, 0.3) is 0 Å². The Morgan fingerprint density at radius 1 is 1.29 bits per heavy atom. The average Bonchev–Trinajstić information content (AvgIpc) is 2.40. The number of benzene rings is 1. The number of piperidine rings is 1. The number of para-hydroxylation sites is 1. The van der Waals surface area contributed by atoms with Gasteiger partial charge in [-0.2, -0.15) is 0 Å². The first-order valence-electron chi connectivity index (χ1n) is 6.31. The molecule has 0 bridgehead atoms. The lowest BCUT2D eigenvalue weighted by Gasteiger charge is -2.32. The summed E-state index contributed by atoms with van der Waals surface area (Å²) in [4.78, 5) is 2.33. The van der Waals surface area contributed by atoms with E-state index in [1.807, 2.05) is 12.1 Å². The molecule has 1 heterocycles. The summed E-state index contributed by atoms with van der Waals surface area (Å²) in [6.45, 7) is 3.21. The predicted octanol–water partition coefficient (Wildman–Crippen LogP) is 1.87. The quantitative estimate of drug-likeness (QED) is 0.864. The Labute approximate surface area is 103 Å². The number of likely N-dealkylation sites (tertiary alicyclic amines) is 1. The van der Waals surface area contributed by atoms with Gasteiger partial charge in [-0.3, -0.25) is 0 Å². The van der Waals surface area contributed by atoms with Crippen molar-refractivity contribution < 1.29 is 9.84 Å². The molecule has 1 aliphatic heterocycles. The summed E-state index contributed by atoms with van der Waals surface area (Å²) in [5.41, 5.74) is 1.33. The average molecular weight is 235 g/mol. The number of aliphatic hydroxyl groups is 1. The number of ether oxygens (including phenoxy) is 1. The third kappa shape index (κ3) is 2.99. The zero-order chi connectivity index (χ0) is 12.1. The number of methoxy groups -OCH3 is 1. The Morgan fingerprint density at radius 3 is 2.65 bits per heavy atom. The maximum Gasteiger partial charge on any atom is 0.122 e. The van der Waals surface area contributed by atoms with Gasteiger partial charge in [0, 0.05) is 6.54 Å². The summed E-state index contributed by atoms with van der Waals surface area (Å²) >= 11 is 0. The molecule has 0 unspecified atom stereocenters. The lowest BCUT2D eigenvalue weighted by molar-refractivity contribution is 0.163. The molecule has 0 spiro atoms. The van der Waals surface area contributed by atoms with Crippen LogP contribution in [-0.4, -0.2) is 43.4 Å². The van der Waals surface area contributed by atoms with E-state index in [-0.39, 0.29) is 6.61 Å². The maximum atomic E-state index is 8.92. The molecule has 1 fully saturated rings. The van der Waals surface area contributed by atoms with Crippen LogP contribution in [0.15, 0.2) is 24.3 Å². The fraction of sp³-hybridized carbons (Fsp3) is 0.571. The van der Waals surface area contributed by atoms with Crippen LogP contribution in [-0.2, 0) is 0 Å². The van der Waals surface area contributed by atoms with E-state index >= 15 is 0 Å². The van der Waals surface area contributed by atoms with Gasteiger partial charge in [-0.15, -0.1) is 0 Å². The van der Waals surface area contributed by atoms with E-state index in [4.69, 9.17) is 9.84 Å². The molecular formula is C14H21NO2. The molecule has 0 saturated carbocycles. The Kier molecular flexibility index (Phi) is 4.40. The van der Waals surface area contributed by atoms with Gasteiger partial charge in [-0.25, -0.2) is 0 Å². The Balaban J connectivity index is 2.00. The van der Waals surface area contributed by atoms with Gasteiger partial charge in [-0.1, -0.05) is 18.2 Å². The highest BCUT2D eigenvalue weighted by Gasteiger charge is 2.22. The van der Waals surface area contributed by atoms with Crippen molar-refractivity contribution in [2.24, 2.45) is 0 Å². The summed E-state index contributed by atoms with van der Waals surface area (Å²) in [5.74, 6) is 1.61. The zero-order valence-corrected chi connectivity index (χ0v) is 10.4. The first-order valence-corrected chi connectivity index (χ1v) is 6.31. The van der Waals surface area contributed by atoms with Gasteiger partial charge in [-0.05, 0) is 43.5 Å². The van der Waals surface area contributed by atoms with Crippen molar-refractivity contribution in [2.45, 2.75) is 18.8 Å². The molecular weight excluding hydrogens is 214 g/mol. The van der Waals surface area contributed by atoms with E-state index in [0.29, 0.717) is 5.92 Å². The summed E-state index contributed by atoms with van der Waals surface area (Å²) in [6.07, 6.45) is 2.31. The fourth-order valence-corrected chi connectivity index (χ4v) is 2.61. The molecule has 3 nitrogen and oxygen atoms in total. The second-order valence-electron chi connectivity index (χ2n) is 4.58. The van der Waals surface area contributed by atoms with Gasteiger partial charge in [0.15, 0.2) is 0 Å². The van der Waals surface area contributed by atoms with E-state index in [1.54, 1.807) is 7.11 Å². The molecule has 0 amide bonds. The van der Waals surface area contributed by atoms with Crippen LogP contribution in [0, 0.1) is 0 Å². The maximum absolute atomic E-state index is 8.92. The fourth-order valence-electron chi connectivity index (χ4n) is 2.61. The second-order valence-corrected chi connectivity index (χ2v) is 4.58. The molecule has 0 aliphatic carbocycles. The Hall–Kier alpha value is -1.06. The normalized spacial score (nSPS) is 18.2. The molecule has 1 aromatic rings. The van der Waals surface area contributed by atoms with E-state index in [0.717, 1.165) is 38.2 Å². The lowest BCUT2D eigenvalue weighted by Crippen LogP contribution is -2.35. The van der Waals surface area contributed by atoms with Crippen molar-refractivity contribution in [3.63, 3.8) is 0 Å². The van der Waals surface area contributed by atoms with Gasteiger partial charge in [0.2, 0.25) is 0 Å². The van der Waals surface area contributed by atoms with Crippen LogP contribution in [0.3, 0.4) is 0 Å². The summed E-state index contributed by atoms with van der Waals surface area (Å²) < 4.78 is 5.42. The van der Waals surface area contributed by atoms with Crippen LogP contribution >= 0.6 is 0 Å². The highest BCUT2D eigenvalue weighted by Crippen LogP contribution is 2.33. The summed E-state index contributed by atoms with van der Waals surface area (Å²) in [6, 6.07) is 8.31. The number of nitrogens with zero attached hydrogens (tertiary/aromatic N) is 1. The smallest absolute Gasteiger partial charge is 0.122 e. The molecule has 2 rings (SSSR count). The van der Waals surface area contributed by atoms with Crippen LogP contribution in [0.1, 0.15) is 24.3 Å². The van der Waals surface area contributed by atoms with Crippen molar-refractivity contribution in [3.8, 4) is 5.75 Å². The molecule has 0 atom stereocenters. The zero-order valence-electron chi connectivity index (χ0n) is 10.4. The van der Waals surface area contributed by atoms with Gasteiger partial charge < -0.3 is 14.7 Å². The minimum absolute atomic E-state index is 0.263. The molecule has 1 saturated heterocycles. The third-order valence-corrected chi connectivity index (χ3v) is 3.58. The Bertz CT molecular complexity index is 346. The minimum atomic E-state index is 0.263. The van der Waals surface area contributed by atoms with Crippen LogP contribution in [0.4, 0.5) is 0 Å². The van der Waals surface area contributed by atoms with Crippen LogP contribution in [0.5, 0.6) is 5.75 Å². The van der Waals surface area contributed by atoms with E-state index in [9.17, 15) is 0 Å². The largest absolute Gasteiger partial charge is 0.496 e. The molecule has 0 radical (unpaired) electrons. The summed E-state index contributed by atoms with van der Waals surface area (Å²) in [7, 11) is 1.74. The van der Waals surface area contributed by atoms with E-state index < -0.39 is 0 Å². The van der Waals surface area contributed by atoms with Gasteiger partial charge in [0.25, 0.3) is 0 Å². The lowest BCUT2D eigenvalue weighted by atomic mass is 9.89. The van der Waals surface area contributed by atoms with Crippen molar-refractivity contribution in [1.82, 2.24) is 4.90 Å². The van der Waals surface area contributed by atoms with E-state index in [2.05, 4.69) is 17.0 Å². The molecule has 3 heteroatoms. The molecule has 1 aliphatic rings. The molecule has 17 heavy (non-hydrogen) atoms. The number of hydrogen-bond acceptors (Lipinski definition) is 3. The minimum Gasteiger partial charge on any atom is -0.496 e. The van der Waals surface area contributed by atoms with Crippen molar-refractivity contribution >= 4 is 0 Å². The number of rotatable bonds is 4. The van der Waals surface area contributed by atoms with Gasteiger partial charge >= 0.3 is 0 Å². The topological polar surface area (TPSA) is 32.7 Å². The van der Waals surface area contributed by atoms with Crippen LogP contribution in [0.2, 0.25) is 0 Å². The van der Waals surface area contributed by atoms with E-state index in [1.165, 1.54) is 5.56 Å². The van der Waals surface area contributed by atoms with Crippen molar-refractivity contribution in [2.75, 3.05) is 33.4 Å². The first-order chi connectivity index (χ1) is 8.35. The SMILES string of the molecule is COc1ccccc1C1CCN(CCO)CC1. The Morgan fingerprint density at radius 2 is 2.00 bits per heavy atom. The standard InChI is InChI=1S/C14H21NO2/c1-17-14-5-3-2-4-13(14)12-6-8-15(9-7-12)10-11-16/h2-5,12,16H,6-11H2,1H3. The van der Waals surface area contributed by atoms with Crippen molar-refractivity contribution in [3.05, 3.63) is 29.8 Å². The number of aliphatic hydroxyl groups excluding tert-OH is 1. The number of β-amino-alcohol motifs (C(OH)–C–C–N with tert-alkyl or cyclic N) is 1.